The van der Waals surface area contributed by atoms with Crippen molar-refractivity contribution in [3.63, 3.8) is 0 Å². The third kappa shape index (κ3) is 2.41. The van der Waals surface area contributed by atoms with E-state index in [1.807, 2.05) is 4.90 Å². The Morgan fingerprint density at radius 3 is 2.71 bits per heavy atom. The molecule has 17 heavy (non-hydrogen) atoms. The third-order valence-corrected chi connectivity index (χ3v) is 4.70. The van der Waals surface area contributed by atoms with Crippen LogP contribution in [0.3, 0.4) is 0 Å². The van der Waals surface area contributed by atoms with E-state index in [1.165, 1.54) is 25.7 Å². The number of rotatable bonds is 2. The van der Waals surface area contributed by atoms with Crippen molar-refractivity contribution in [2.24, 2.45) is 17.8 Å². The number of morpholine rings is 1. The van der Waals surface area contributed by atoms with Gasteiger partial charge in [-0.05, 0) is 37.0 Å². The lowest BCUT2D eigenvalue weighted by Crippen LogP contribution is -2.47. The normalized spacial score (nSPS) is 36.2. The summed E-state index contributed by atoms with van der Waals surface area (Å²) in [5.41, 5.74) is 0. The molecule has 0 aromatic rings. The van der Waals surface area contributed by atoms with E-state index in [0.717, 1.165) is 37.4 Å². The molecule has 0 aromatic heterocycles. The molecule has 2 saturated carbocycles. The summed E-state index contributed by atoms with van der Waals surface area (Å²) >= 11 is 0. The lowest BCUT2D eigenvalue weighted by molar-refractivity contribution is 0.0528. The minimum atomic E-state index is 0.107. The van der Waals surface area contributed by atoms with Crippen LogP contribution in [-0.4, -0.2) is 43.8 Å². The Morgan fingerprint density at radius 1 is 1.24 bits per heavy atom. The Hall–Kier alpha value is -0.770. The van der Waals surface area contributed by atoms with Crippen molar-refractivity contribution in [1.82, 2.24) is 10.2 Å². The number of ether oxygens (including phenoxy) is 1. The Bertz CT molecular complexity index is 289. The first-order chi connectivity index (χ1) is 8.33. The lowest BCUT2D eigenvalue weighted by Gasteiger charge is -2.28. The standard InChI is InChI=1S/C13H22N2O2/c16-13(15-3-5-17-6-4-15)14-9-12-8-10-1-2-11(12)7-10/h10-12H,1-9H2,(H,14,16). The van der Waals surface area contributed by atoms with Crippen LogP contribution in [0.5, 0.6) is 0 Å². The molecule has 3 unspecified atom stereocenters. The molecular formula is C13H22N2O2. The number of carbonyl (C=O) groups excluding carboxylic acids is 1. The lowest BCUT2D eigenvalue weighted by atomic mass is 9.89. The van der Waals surface area contributed by atoms with Gasteiger partial charge in [-0.1, -0.05) is 6.42 Å². The van der Waals surface area contributed by atoms with Gasteiger partial charge in [-0.25, -0.2) is 4.79 Å². The van der Waals surface area contributed by atoms with Crippen molar-refractivity contribution in [2.45, 2.75) is 25.7 Å². The molecule has 2 amide bonds. The first-order valence-electron chi connectivity index (χ1n) is 6.93. The highest BCUT2D eigenvalue weighted by Crippen LogP contribution is 2.47. The zero-order chi connectivity index (χ0) is 11.7. The number of nitrogens with zero attached hydrogens (tertiary/aromatic N) is 1. The minimum absolute atomic E-state index is 0.107. The first-order valence-corrected chi connectivity index (χ1v) is 6.93. The fourth-order valence-corrected chi connectivity index (χ4v) is 3.72. The highest BCUT2D eigenvalue weighted by atomic mass is 16.5. The summed E-state index contributed by atoms with van der Waals surface area (Å²) in [6.07, 6.45) is 5.58. The molecule has 4 heteroatoms. The summed E-state index contributed by atoms with van der Waals surface area (Å²) in [5.74, 6) is 2.61. The van der Waals surface area contributed by atoms with Gasteiger partial charge < -0.3 is 15.0 Å². The topological polar surface area (TPSA) is 41.6 Å². The number of fused-ring (bicyclic) bond motifs is 2. The molecule has 0 radical (unpaired) electrons. The molecule has 2 bridgehead atoms. The van der Waals surface area contributed by atoms with Crippen LogP contribution < -0.4 is 5.32 Å². The molecule has 96 valence electrons. The zero-order valence-corrected chi connectivity index (χ0v) is 10.4. The van der Waals surface area contributed by atoms with Crippen LogP contribution in [-0.2, 0) is 4.74 Å². The van der Waals surface area contributed by atoms with Crippen LogP contribution in [0.1, 0.15) is 25.7 Å². The molecular weight excluding hydrogens is 216 g/mol. The summed E-state index contributed by atoms with van der Waals surface area (Å²) in [5, 5.41) is 3.11. The van der Waals surface area contributed by atoms with Gasteiger partial charge >= 0.3 is 6.03 Å². The van der Waals surface area contributed by atoms with E-state index in [1.54, 1.807) is 0 Å². The van der Waals surface area contributed by atoms with Crippen molar-refractivity contribution in [3.8, 4) is 0 Å². The molecule has 3 aliphatic rings. The predicted octanol–water partition coefficient (Wildman–Crippen LogP) is 1.46. The molecule has 0 aromatic carbocycles. The Balaban J connectivity index is 1.43. The van der Waals surface area contributed by atoms with Crippen LogP contribution in [0.2, 0.25) is 0 Å². The average Bonchev–Trinajstić information content (AvgIpc) is 2.99. The SMILES string of the molecule is O=C(NCC1CC2CCC1C2)N1CCOCC1. The van der Waals surface area contributed by atoms with Gasteiger partial charge in [-0.15, -0.1) is 0 Å². The van der Waals surface area contributed by atoms with E-state index in [2.05, 4.69) is 5.32 Å². The zero-order valence-electron chi connectivity index (χ0n) is 10.4. The van der Waals surface area contributed by atoms with Gasteiger partial charge in [-0.3, -0.25) is 0 Å². The summed E-state index contributed by atoms with van der Waals surface area (Å²) in [4.78, 5) is 13.8. The maximum atomic E-state index is 11.9. The van der Waals surface area contributed by atoms with Crippen molar-refractivity contribution in [1.29, 1.82) is 0 Å². The van der Waals surface area contributed by atoms with Crippen molar-refractivity contribution in [3.05, 3.63) is 0 Å². The summed E-state index contributed by atoms with van der Waals surface area (Å²) in [6, 6.07) is 0.107. The minimum Gasteiger partial charge on any atom is -0.378 e. The van der Waals surface area contributed by atoms with Gasteiger partial charge in [0.05, 0.1) is 13.2 Å². The fraction of sp³-hybridized carbons (Fsp3) is 0.923. The molecule has 3 atom stereocenters. The molecule has 2 aliphatic carbocycles. The summed E-state index contributed by atoms with van der Waals surface area (Å²) < 4.78 is 5.25. The van der Waals surface area contributed by atoms with E-state index >= 15 is 0 Å². The van der Waals surface area contributed by atoms with E-state index in [0.29, 0.717) is 13.2 Å². The number of hydrogen-bond acceptors (Lipinski definition) is 2. The highest BCUT2D eigenvalue weighted by molar-refractivity contribution is 5.74. The van der Waals surface area contributed by atoms with Crippen LogP contribution in [0, 0.1) is 17.8 Å². The number of carbonyl (C=O) groups is 1. The quantitative estimate of drug-likeness (QED) is 0.791. The smallest absolute Gasteiger partial charge is 0.317 e. The van der Waals surface area contributed by atoms with E-state index in [4.69, 9.17) is 4.74 Å². The molecule has 3 rings (SSSR count). The molecule has 1 saturated heterocycles. The molecule has 1 N–H and O–H groups in total. The van der Waals surface area contributed by atoms with E-state index in [9.17, 15) is 4.79 Å². The van der Waals surface area contributed by atoms with Crippen molar-refractivity contribution in [2.75, 3.05) is 32.8 Å². The molecule has 0 spiro atoms. The first kappa shape index (κ1) is 11.3. The van der Waals surface area contributed by atoms with Crippen LogP contribution in [0.15, 0.2) is 0 Å². The molecule has 1 heterocycles. The fourth-order valence-electron chi connectivity index (χ4n) is 3.72. The Morgan fingerprint density at radius 2 is 2.06 bits per heavy atom. The van der Waals surface area contributed by atoms with Gasteiger partial charge in [0.1, 0.15) is 0 Å². The molecule has 3 fully saturated rings. The van der Waals surface area contributed by atoms with Crippen LogP contribution >= 0.6 is 0 Å². The second-order valence-electron chi connectivity index (χ2n) is 5.72. The third-order valence-electron chi connectivity index (χ3n) is 4.70. The average molecular weight is 238 g/mol. The van der Waals surface area contributed by atoms with Gasteiger partial charge in [-0.2, -0.15) is 0 Å². The number of nitrogens with one attached hydrogen (secondary N) is 1. The largest absolute Gasteiger partial charge is 0.378 e. The Kier molecular flexibility index (Phi) is 3.23. The molecule has 1 aliphatic heterocycles. The van der Waals surface area contributed by atoms with Crippen molar-refractivity contribution < 1.29 is 9.53 Å². The Labute approximate surface area is 103 Å². The van der Waals surface area contributed by atoms with Crippen LogP contribution in [0.25, 0.3) is 0 Å². The van der Waals surface area contributed by atoms with E-state index in [-0.39, 0.29) is 6.03 Å². The van der Waals surface area contributed by atoms with E-state index < -0.39 is 0 Å². The second kappa shape index (κ2) is 4.84. The number of urea groups is 1. The number of hydrogen-bond donors (Lipinski definition) is 1. The number of amides is 2. The second-order valence-corrected chi connectivity index (χ2v) is 5.72. The van der Waals surface area contributed by atoms with Crippen molar-refractivity contribution >= 4 is 6.03 Å². The van der Waals surface area contributed by atoms with Crippen LogP contribution in [0.4, 0.5) is 4.79 Å². The van der Waals surface area contributed by atoms with Gasteiger partial charge in [0.25, 0.3) is 0 Å². The highest BCUT2D eigenvalue weighted by Gasteiger charge is 2.39. The maximum absolute atomic E-state index is 11.9. The van der Waals surface area contributed by atoms with Gasteiger partial charge in [0, 0.05) is 19.6 Å². The predicted molar refractivity (Wildman–Crippen MR) is 64.7 cm³/mol. The van der Waals surface area contributed by atoms with Gasteiger partial charge in [0.15, 0.2) is 0 Å². The summed E-state index contributed by atoms with van der Waals surface area (Å²) in [6.45, 7) is 3.73. The monoisotopic (exact) mass is 238 g/mol. The molecule has 4 nitrogen and oxygen atoms in total. The summed E-state index contributed by atoms with van der Waals surface area (Å²) in [7, 11) is 0. The maximum Gasteiger partial charge on any atom is 0.317 e. The van der Waals surface area contributed by atoms with Gasteiger partial charge in [0.2, 0.25) is 0 Å².